The van der Waals surface area contributed by atoms with Gasteiger partial charge in [0, 0.05) is 24.3 Å². The second kappa shape index (κ2) is 4.97. The maximum atomic E-state index is 12.8. The maximum absolute atomic E-state index is 12.8. The Morgan fingerprint density at radius 3 is 3.08 bits per heavy atom. The van der Waals surface area contributed by atoms with E-state index in [0.29, 0.717) is 24.4 Å². The van der Waals surface area contributed by atoms with Gasteiger partial charge in [0.05, 0.1) is 23.2 Å². The molecule has 2 aromatic heterocycles. The molecule has 8 heteroatoms. The lowest BCUT2D eigenvalue weighted by atomic mass is 10.1. The van der Waals surface area contributed by atoms with Crippen LogP contribution in [0.3, 0.4) is 0 Å². The third kappa shape index (κ3) is 2.21. The van der Waals surface area contributed by atoms with E-state index in [4.69, 9.17) is 4.74 Å². The first-order valence-corrected chi connectivity index (χ1v) is 9.02. The van der Waals surface area contributed by atoms with E-state index in [2.05, 4.69) is 20.4 Å². The lowest BCUT2D eigenvalue weighted by molar-refractivity contribution is 0.0906. The number of H-pyrrole nitrogens is 1. The van der Waals surface area contributed by atoms with E-state index in [-0.39, 0.29) is 11.9 Å². The number of hydrogen-bond acceptors (Lipinski definition) is 6. The van der Waals surface area contributed by atoms with Gasteiger partial charge >= 0.3 is 0 Å². The number of ether oxygens (including phenoxy) is 1. The number of aromatic nitrogens is 2. The monoisotopic (exact) mass is 346 g/mol. The van der Waals surface area contributed by atoms with E-state index in [1.165, 1.54) is 11.3 Å². The van der Waals surface area contributed by atoms with Crippen molar-refractivity contribution in [2.75, 3.05) is 24.6 Å². The van der Waals surface area contributed by atoms with Gasteiger partial charge in [0.2, 0.25) is 0 Å². The first kappa shape index (κ1) is 14.3. The summed E-state index contributed by atoms with van der Waals surface area (Å²) in [5.74, 6) is 0.705. The maximum Gasteiger partial charge on any atom is 0.263 e. The summed E-state index contributed by atoms with van der Waals surface area (Å²) in [5, 5.41) is 20.1. The second-order valence-corrected chi connectivity index (χ2v) is 7.84. The Bertz CT molecular complexity index is 797. The van der Waals surface area contributed by atoms with Crippen LogP contribution in [0.4, 0.5) is 5.69 Å². The summed E-state index contributed by atoms with van der Waals surface area (Å²) in [6.45, 7) is 2.06. The fraction of sp³-hybridized carbons (Fsp3) is 0.500. The highest BCUT2D eigenvalue weighted by Gasteiger charge is 2.44. The summed E-state index contributed by atoms with van der Waals surface area (Å²) in [5.41, 5.74) is 1.25. The molecule has 0 radical (unpaired) electrons. The molecule has 0 aromatic carbocycles. The average molecular weight is 346 g/mol. The minimum atomic E-state index is -0.577. The van der Waals surface area contributed by atoms with Crippen molar-refractivity contribution in [2.24, 2.45) is 0 Å². The number of anilines is 1. The van der Waals surface area contributed by atoms with Crippen molar-refractivity contribution in [1.29, 1.82) is 0 Å². The number of amides is 1. The van der Waals surface area contributed by atoms with E-state index in [1.807, 2.05) is 6.20 Å². The van der Waals surface area contributed by atoms with Crippen molar-refractivity contribution in [2.45, 2.75) is 30.9 Å². The zero-order valence-electron chi connectivity index (χ0n) is 13.0. The number of carbonyl (C=O) groups excluding carboxylic acids is 1. The molecule has 0 spiro atoms. The molecule has 126 valence electrons. The van der Waals surface area contributed by atoms with Crippen LogP contribution in [0.5, 0.6) is 5.75 Å². The van der Waals surface area contributed by atoms with E-state index in [9.17, 15) is 9.90 Å². The first-order valence-electron chi connectivity index (χ1n) is 8.20. The van der Waals surface area contributed by atoms with E-state index in [0.717, 1.165) is 41.3 Å². The van der Waals surface area contributed by atoms with Gasteiger partial charge in [-0.3, -0.25) is 9.89 Å². The Balaban J connectivity index is 1.54. The van der Waals surface area contributed by atoms with Gasteiger partial charge in [-0.05, 0) is 19.3 Å². The third-order valence-corrected chi connectivity index (χ3v) is 6.17. The highest BCUT2D eigenvalue weighted by Crippen LogP contribution is 2.50. The molecule has 3 aliphatic rings. The number of hydrogen-bond donors (Lipinski definition) is 3. The summed E-state index contributed by atoms with van der Waals surface area (Å²) in [4.78, 5) is 16.6. The highest BCUT2D eigenvalue weighted by molar-refractivity contribution is 7.18. The number of aromatic amines is 1. The minimum absolute atomic E-state index is 0.0343. The predicted molar refractivity (Wildman–Crippen MR) is 89.7 cm³/mol. The van der Waals surface area contributed by atoms with Crippen LogP contribution in [0, 0.1) is 0 Å². The Kier molecular flexibility index (Phi) is 2.96. The first-order chi connectivity index (χ1) is 11.6. The van der Waals surface area contributed by atoms with Crippen LogP contribution in [0.25, 0.3) is 10.4 Å². The van der Waals surface area contributed by atoms with Gasteiger partial charge in [-0.2, -0.15) is 5.10 Å². The molecule has 0 unspecified atom stereocenters. The molecule has 2 aromatic rings. The Morgan fingerprint density at radius 1 is 1.46 bits per heavy atom. The van der Waals surface area contributed by atoms with Crippen LogP contribution < -0.4 is 15.0 Å². The number of nitrogens with one attached hydrogen (secondary N) is 2. The molecule has 3 N–H and O–H groups in total. The molecule has 1 saturated carbocycles. The zero-order chi connectivity index (χ0) is 16.3. The van der Waals surface area contributed by atoms with Gasteiger partial charge in [-0.25, -0.2) is 0 Å². The molecular formula is C16H18N4O3S. The zero-order valence-corrected chi connectivity index (χ0v) is 13.9. The van der Waals surface area contributed by atoms with Crippen molar-refractivity contribution in [1.82, 2.24) is 15.5 Å². The Labute approximate surface area is 142 Å². The molecule has 0 bridgehead atoms. The number of thiophene rings is 1. The van der Waals surface area contributed by atoms with Crippen LogP contribution in [0.15, 0.2) is 12.4 Å². The fourth-order valence-corrected chi connectivity index (χ4v) is 4.74. The molecule has 2 aliphatic heterocycles. The molecule has 7 nitrogen and oxygen atoms in total. The van der Waals surface area contributed by atoms with Gasteiger partial charge < -0.3 is 20.1 Å². The van der Waals surface area contributed by atoms with Gasteiger partial charge in [0.1, 0.15) is 17.2 Å². The lowest BCUT2D eigenvalue weighted by Crippen LogP contribution is -2.44. The highest BCUT2D eigenvalue weighted by atomic mass is 32.1. The molecule has 5 rings (SSSR count). The van der Waals surface area contributed by atoms with E-state index >= 15 is 0 Å². The molecule has 1 amide bonds. The molecule has 24 heavy (non-hydrogen) atoms. The summed E-state index contributed by atoms with van der Waals surface area (Å²) < 4.78 is 5.92. The molecule has 0 saturated heterocycles. The molecule has 4 heterocycles. The van der Waals surface area contributed by atoms with Gasteiger partial charge in [0.15, 0.2) is 5.75 Å². The quantitative estimate of drug-likeness (QED) is 0.781. The topological polar surface area (TPSA) is 90.5 Å². The summed E-state index contributed by atoms with van der Waals surface area (Å²) in [6.07, 6.45) is 5.84. The van der Waals surface area contributed by atoms with E-state index < -0.39 is 5.60 Å². The van der Waals surface area contributed by atoms with Crippen molar-refractivity contribution in [3.63, 3.8) is 0 Å². The summed E-state index contributed by atoms with van der Waals surface area (Å²) in [6, 6.07) is -0.0343. The SMILES string of the molecule is O=C1N[C@H](CC2(O)CC2)CN2CCOc3c(-c4cn[nH]c4)sc1c32. The van der Waals surface area contributed by atoms with Crippen LogP contribution in [0.2, 0.25) is 0 Å². The van der Waals surface area contributed by atoms with Crippen molar-refractivity contribution in [3.8, 4) is 16.2 Å². The average Bonchev–Trinajstić information content (AvgIpc) is 3.00. The van der Waals surface area contributed by atoms with Gasteiger partial charge in [0.25, 0.3) is 5.91 Å². The van der Waals surface area contributed by atoms with Gasteiger partial charge in [-0.1, -0.05) is 0 Å². The standard InChI is InChI=1S/C16H18N4O3S/c21-15-14-11-12(13(24-14)9-6-17-18-7-9)23-4-3-20(11)8-10(19-15)5-16(22)1-2-16/h6-7,10,22H,1-5,8H2,(H,17,18)(H,19,21)/t10-/m1/s1. The van der Waals surface area contributed by atoms with Crippen molar-refractivity contribution >= 4 is 22.9 Å². The normalized spacial score (nSPS) is 24.0. The van der Waals surface area contributed by atoms with Crippen molar-refractivity contribution < 1.29 is 14.6 Å². The van der Waals surface area contributed by atoms with Crippen LogP contribution in [0.1, 0.15) is 28.9 Å². The molecular weight excluding hydrogens is 328 g/mol. The predicted octanol–water partition coefficient (Wildman–Crippen LogP) is 1.36. The van der Waals surface area contributed by atoms with Crippen LogP contribution in [-0.2, 0) is 0 Å². The van der Waals surface area contributed by atoms with Crippen LogP contribution >= 0.6 is 11.3 Å². The molecule has 1 fully saturated rings. The smallest absolute Gasteiger partial charge is 0.263 e. The number of carbonyl (C=O) groups is 1. The van der Waals surface area contributed by atoms with Gasteiger partial charge in [-0.15, -0.1) is 11.3 Å². The third-order valence-electron chi connectivity index (χ3n) is 4.96. The Hall–Kier alpha value is -2.06. The second-order valence-electron chi connectivity index (χ2n) is 6.82. The number of nitrogens with zero attached hydrogens (tertiary/aromatic N) is 2. The minimum Gasteiger partial charge on any atom is -0.488 e. The number of rotatable bonds is 3. The lowest BCUT2D eigenvalue weighted by Gasteiger charge is -2.31. The van der Waals surface area contributed by atoms with E-state index in [1.54, 1.807) is 6.20 Å². The molecule has 1 aliphatic carbocycles. The molecule has 1 atom stereocenters. The number of aliphatic hydroxyl groups is 1. The Morgan fingerprint density at radius 2 is 2.33 bits per heavy atom. The summed E-state index contributed by atoms with van der Waals surface area (Å²) >= 11 is 1.44. The van der Waals surface area contributed by atoms with Crippen molar-refractivity contribution in [3.05, 3.63) is 17.3 Å². The largest absolute Gasteiger partial charge is 0.488 e. The van der Waals surface area contributed by atoms with Crippen LogP contribution in [-0.4, -0.2) is 52.6 Å². The summed E-state index contributed by atoms with van der Waals surface area (Å²) in [7, 11) is 0. The fourth-order valence-electron chi connectivity index (χ4n) is 3.59.